The van der Waals surface area contributed by atoms with Gasteiger partial charge >= 0.3 is 0 Å². The van der Waals surface area contributed by atoms with Crippen molar-refractivity contribution in [3.05, 3.63) is 81.2 Å². The maximum atomic E-state index is 13.8. The van der Waals surface area contributed by atoms with E-state index in [-0.39, 0.29) is 23.2 Å². The van der Waals surface area contributed by atoms with Gasteiger partial charge in [-0.25, -0.2) is 13.2 Å². The lowest BCUT2D eigenvalue weighted by molar-refractivity contribution is 0.0733. The Kier molecular flexibility index (Phi) is 4.97. The van der Waals surface area contributed by atoms with Crippen LogP contribution in [-0.4, -0.2) is 27.8 Å². The minimum absolute atomic E-state index is 0.115. The van der Waals surface area contributed by atoms with Gasteiger partial charge in [-0.05, 0) is 19.3 Å². The standard InChI is InChI=1S/C21H18F3N3O3/c1-11-3-2-4-13-9-26(11)21(30)18-7-19(28)15(10-27(13)18)20(29)25-8-14-16(23)5-12(22)6-17(14)24/h5-7,10,13H,1-4,8-9H2,(H,25,29). The second kappa shape index (κ2) is 7.47. The molecule has 156 valence electrons. The summed E-state index contributed by atoms with van der Waals surface area (Å²) in [5, 5.41) is 2.29. The number of allylic oxidation sites excluding steroid dienone is 1. The SMILES string of the molecule is C=C1CCCC2CN1C(=O)c1cc(=O)c(C(=O)NCc3c(F)cc(F)cc3F)cn12. The van der Waals surface area contributed by atoms with Crippen molar-refractivity contribution in [3.8, 4) is 0 Å². The summed E-state index contributed by atoms with van der Waals surface area (Å²) in [4.78, 5) is 39.3. The molecule has 1 fully saturated rings. The van der Waals surface area contributed by atoms with Crippen LogP contribution < -0.4 is 10.7 Å². The Labute approximate surface area is 169 Å². The van der Waals surface area contributed by atoms with Gasteiger partial charge in [0, 0.05) is 48.7 Å². The van der Waals surface area contributed by atoms with Crippen LogP contribution in [0.1, 0.15) is 51.7 Å². The molecule has 2 aliphatic rings. The summed E-state index contributed by atoms with van der Waals surface area (Å²) in [6, 6.07) is 2.01. The van der Waals surface area contributed by atoms with Gasteiger partial charge in [0.15, 0.2) is 5.43 Å². The van der Waals surface area contributed by atoms with Gasteiger partial charge in [0.25, 0.3) is 11.8 Å². The smallest absolute Gasteiger partial charge is 0.274 e. The number of hydrogen-bond donors (Lipinski definition) is 1. The second-order valence-electron chi connectivity index (χ2n) is 7.40. The number of nitrogens with one attached hydrogen (secondary N) is 1. The van der Waals surface area contributed by atoms with E-state index in [2.05, 4.69) is 11.9 Å². The summed E-state index contributed by atoms with van der Waals surface area (Å²) in [6.45, 7) is 3.77. The fraction of sp³-hybridized carbons (Fsp3) is 0.286. The molecule has 1 N–H and O–H groups in total. The zero-order valence-electron chi connectivity index (χ0n) is 15.9. The number of hydrogen-bond acceptors (Lipinski definition) is 3. The monoisotopic (exact) mass is 417 g/mol. The molecule has 1 atom stereocenters. The third-order valence-corrected chi connectivity index (χ3v) is 5.49. The van der Waals surface area contributed by atoms with E-state index in [0.29, 0.717) is 30.8 Å². The normalized spacial score (nSPS) is 18.1. The summed E-state index contributed by atoms with van der Waals surface area (Å²) in [7, 11) is 0. The maximum Gasteiger partial charge on any atom is 0.274 e. The lowest BCUT2D eigenvalue weighted by Crippen LogP contribution is -2.43. The maximum absolute atomic E-state index is 13.8. The topological polar surface area (TPSA) is 71.4 Å². The molecule has 0 spiro atoms. The number of pyridine rings is 1. The van der Waals surface area contributed by atoms with E-state index >= 15 is 0 Å². The van der Waals surface area contributed by atoms with Crippen molar-refractivity contribution in [2.75, 3.05) is 6.54 Å². The largest absolute Gasteiger partial charge is 0.348 e. The number of benzene rings is 1. The van der Waals surface area contributed by atoms with Crippen LogP contribution in [0.4, 0.5) is 13.2 Å². The first-order valence-corrected chi connectivity index (χ1v) is 9.43. The summed E-state index contributed by atoms with van der Waals surface area (Å²) in [6.07, 6.45) is 3.54. The molecule has 0 saturated carbocycles. The molecule has 30 heavy (non-hydrogen) atoms. The van der Waals surface area contributed by atoms with Crippen molar-refractivity contribution in [2.24, 2.45) is 0 Å². The molecule has 6 nitrogen and oxygen atoms in total. The molecule has 2 bridgehead atoms. The molecule has 9 heteroatoms. The lowest BCUT2D eigenvalue weighted by atomic mass is 10.1. The van der Waals surface area contributed by atoms with Crippen LogP contribution in [0, 0.1) is 17.5 Å². The van der Waals surface area contributed by atoms with E-state index in [1.165, 1.54) is 6.20 Å². The molecular weight excluding hydrogens is 399 g/mol. The Bertz CT molecular complexity index is 1120. The molecule has 1 aromatic carbocycles. The second-order valence-corrected chi connectivity index (χ2v) is 7.40. The van der Waals surface area contributed by atoms with E-state index in [4.69, 9.17) is 0 Å². The molecule has 1 aromatic heterocycles. The van der Waals surface area contributed by atoms with Crippen molar-refractivity contribution < 1.29 is 22.8 Å². The first-order chi connectivity index (χ1) is 14.3. The van der Waals surface area contributed by atoms with Gasteiger partial charge in [-0.2, -0.15) is 0 Å². The van der Waals surface area contributed by atoms with Crippen LogP contribution >= 0.6 is 0 Å². The highest BCUT2D eigenvalue weighted by atomic mass is 19.1. The van der Waals surface area contributed by atoms with Gasteiger partial charge in [-0.15, -0.1) is 0 Å². The minimum Gasteiger partial charge on any atom is -0.348 e. The van der Waals surface area contributed by atoms with Crippen molar-refractivity contribution in [1.29, 1.82) is 0 Å². The Morgan fingerprint density at radius 1 is 1.17 bits per heavy atom. The minimum atomic E-state index is -1.14. The average molecular weight is 417 g/mol. The van der Waals surface area contributed by atoms with Crippen LogP contribution in [0.3, 0.4) is 0 Å². The Morgan fingerprint density at radius 3 is 2.57 bits per heavy atom. The zero-order valence-corrected chi connectivity index (χ0v) is 15.9. The molecular formula is C21H18F3N3O3. The summed E-state index contributed by atoms with van der Waals surface area (Å²) >= 11 is 0. The van der Waals surface area contributed by atoms with Crippen LogP contribution in [0.25, 0.3) is 0 Å². The number of rotatable bonds is 3. The van der Waals surface area contributed by atoms with E-state index in [1.54, 1.807) is 9.47 Å². The van der Waals surface area contributed by atoms with Gasteiger partial charge < -0.3 is 14.8 Å². The van der Waals surface area contributed by atoms with E-state index in [1.807, 2.05) is 0 Å². The van der Waals surface area contributed by atoms with Crippen molar-refractivity contribution in [3.63, 3.8) is 0 Å². The van der Waals surface area contributed by atoms with E-state index < -0.39 is 40.9 Å². The van der Waals surface area contributed by atoms with Gasteiger partial charge in [0.1, 0.15) is 28.7 Å². The molecule has 0 aliphatic carbocycles. The van der Waals surface area contributed by atoms with Crippen molar-refractivity contribution in [2.45, 2.75) is 31.8 Å². The zero-order chi connectivity index (χ0) is 21.6. The summed E-state index contributed by atoms with van der Waals surface area (Å²) in [5.41, 5.74) is -0.572. The molecule has 4 rings (SSSR count). The van der Waals surface area contributed by atoms with Crippen LogP contribution in [0.5, 0.6) is 0 Å². The van der Waals surface area contributed by atoms with Crippen LogP contribution in [0.2, 0.25) is 0 Å². The third-order valence-electron chi connectivity index (χ3n) is 5.49. The Balaban J connectivity index is 1.63. The number of halogens is 3. The highest BCUT2D eigenvalue weighted by Gasteiger charge is 2.34. The fourth-order valence-electron chi connectivity index (χ4n) is 3.90. The number of aromatic nitrogens is 1. The molecule has 1 unspecified atom stereocenters. The van der Waals surface area contributed by atoms with Crippen LogP contribution in [-0.2, 0) is 6.54 Å². The van der Waals surface area contributed by atoms with Crippen molar-refractivity contribution in [1.82, 2.24) is 14.8 Å². The van der Waals surface area contributed by atoms with Crippen LogP contribution in [0.15, 0.2) is 41.5 Å². The Hall–Kier alpha value is -3.36. The number of nitrogens with zero attached hydrogens (tertiary/aromatic N) is 2. The molecule has 3 heterocycles. The summed E-state index contributed by atoms with van der Waals surface area (Å²) < 4.78 is 42.2. The third kappa shape index (κ3) is 3.40. The number of amides is 2. The molecule has 2 amide bonds. The average Bonchev–Trinajstić information content (AvgIpc) is 2.85. The molecule has 1 saturated heterocycles. The van der Waals surface area contributed by atoms with E-state index in [0.717, 1.165) is 18.9 Å². The molecule has 0 radical (unpaired) electrons. The lowest BCUT2D eigenvalue weighted by Gasteiger charge is -2.34. The van der Waals surface area contributed by atoms with Gasteiger partial charge in [0.05, 0.1) is 6.04 Å². The van der Waals surface area contributed by atoms with Gasteiger partial charge in [-0.3, -0.25) is 14.4 Å². The first kappa shape index (κ1) is 19.9. The predicted octanol–water partition coefficient (Wildman–Crippen LogP) is 2.89. The van der Waals surface area contributed by atoms with E-state index in [9.17, 15) is 27.6 Å². The Morgan fingerprint density at radius 2 is 1.87 bits per heavy atom. The highest BCUT2D eigenvalue weighted by molar-refractivity contribution is 5.97. The summed E-state index contributed by atoms with van der Waals surface area (Å²) in [5.74, 6) is -4.54. The predicted molar refractivity (Wildman–Crippen MR) is 101 cm³/mol. The van der Waals surface area contributed by atoms with Crippen molar-refractivity contribution >= 4 is 11.8 Å². The number of fused-ring (bicyclic) bond motifs is 4. The van der Waals surface area contributed by atoms with Gasteiger partial charge in [0.2, 0.25) is 0 Å². The number of carbonyl (C=O) groups is 2. The first-order valence-electron chi connectivity index (χ1n) is 9.43. The molecule has 2 aromatic rings. The molecule has 2 aliphatic heterocycles. The highest BCUT2D eigenvalue weighted by Crippen LogP contribution is 2.32. The van der Waals surface area contributed by atoms with Gasteiger partial charge in [-0.1, -0.05) is 6.58 Å². The number of carbonyl (C=O) groups excluding carboxylic acids is 2. The quantitative estimate of drug-likeness (QED) is 0.835. The fourth-order valence-corrected chi connectivity index (χ4v) is 3.90.